The molecule has 1 saturated heterocycles. The third kappa shape index (κ3) is 4.41. The molecule has 5 heteroatoms. The van der Waals surface area contributed by atoms with Gasteiger partial charge in [-0.05, 0) is 25.2 Å². The Morgan fingerprint density at radius 1 is 1.33 bits per heavy atom. The maximum Gasteiger partial charge on any atom is 0.234 e. The van der Waals surface area contributed by atoms with Gasteiger partial charge >= 0.3 is 0 Å². The summed E-state index contributed by atoms with van der Waals surface area (Å²) in [4.78, 5) is 14.1. The van der Waals surface area contributed by atoms with Crippen LogP contribution in [-0.4, -0.2) is 42.5 Å². The van der Waals surface area contributed by atoms with Gasteiger partial charge in [0.25, 0.3) is 0 Å². The monoisotopic (exact) mass is 275 g/mol. The van der Waals surface area contributed by atoms with Crippen molar-refractivity contribution in [1.82, 2.24) is 10.2 Å². The Kier molecular flexibility index (Phi) is 6.39. The highest BCUT2D eigenvalue weighted by Crippen LogP contribution is 2.23. The lowest BCUT2D eigenvalue weighted by molar-refractivity contribution is -0.123. The van der Waals surface area contributed by atoms with Crippen molar-refractivity contribution < 1.29 is 4.79 Å². The van der Waals surface area contributed by atoms with Gasteiger partial charge in [-0.15, -0.1) is 12.4 Å². The van der Waals surface area contributed by atoms with Crippen molar-refractivity contribution in [1.29, 1.82) is 0 Å². The Hall–Kier alpha value is -0.320. The first-order valence-corrected chi connectivity index (χ1v) is 6.92. The second-order valence-electron chi connectivity index (χ2n) is 5.72. The highest BCUT2D eigenvalue weighted by Gasteiger charge is 2.25. The van der Waals surface area contributed by atoms with E-state index < -0.39 is 0 Å². The van der Waals surface area contributed by atoms with Crippen LogP contribution in [-0.2, 0) is 4.79 Å². The number of nitrogens with one attached hydrogen (secondary N) is 1. The molecule has 3 atom stereocenters. The maximum atomic E-state index is 11.9. The molecule has 1 amide bonds. The molecule has 4 nitrogen and oxygen atoms in total. The molecular weight excluding hydrogens is 250 g/mol. The zero-order chi connectivity index (χ0) is 12.3. The van der Waals surface area contributed by atoms with E-state index in [0.29, 0.717) is 18.5 Å². The van der Waals surface area contributed by atoms with Gasteiger partial charge in [0, 0.05) is 25.2 Å². The van der Waals surface area contributed by atoms with Crippen LogP contribution in [0.15, 0.2) is 0 Å². The number of nitrogens with two attached hydrogens (primary N) is 1. The van der Waals surface area contributed by atoms with Crippen LogP contribution < -0.4 is 11.1 Å². The Bertz CT molecular complexity index is 275. The molecular formula is C13H26ClN3O. The maximum absolute atomic E-state index is 11.9. The van der Waals surface area contributed by atoms with Gasteiger partial charge < -0.3 is 11.1 Å². The van der Waals surface area contributed by atoms with Gasteiger partial charge in [0.15, 0.2) is 0 Å². The molecule has 0 bridgehead atoms. The highest BCUT2D eigenvalue weighted by atomic mass is 35.5. The van der Waals surface area contributed by atoms with Gasteiger partial charge in [-0.25, -0.2) is 0 Å². The van der Waals surface area contributed by atoms with E-state index in [2.05, 4.69) is 17.1 Å². The van der Waals surface area contributed by atoms with E-state index in [-0.39, 0.29) is 24.4 Å². The zero-order valence-electron chi connectivity index (χ0n) is 11.2. The van der Waals surface area contributed by atoms with E-state index in [1.807, 2.05) is 0 Å². The molecule has 2 unspecified atom stereocenters. The van der Waals surface area contributed by atoms with E-state index >= 15 is 0 Å². The molecule has 2 rings (SSSR count). The molecule has 1 aliphatic heterocycles. The SMILES string of the molecule is CC1CCCCC1NC(=O)CN1CC[C@@H](N)C1.Cl. The van der Waals surface area contributed by atoms with Crippen molar-refractivity contribution in [3.05, 3.63) is 0 Å². The van der Waals surface area contributed by atoms with Crippen LogP contribution in [0.5, 0.6) is 0 Å². The molecule has 1 aliphatic carbocycles. The predicted octanol–water partition coefficient (Wildman–Crippen LogP) is 1.14. The van der Waals surface area contributed by atoms with Gasteiger partial charge in [-0.2, -0.15) is 0 Å². The minimum Gasteiger partial charge on any atom is -0.352 e. The van der Waals surface area contributed by atoms with Gasteiger partial charge in [0.2, 0.25) is 5.91 Å². The van der Waals surface area contributed by atoms with Crippen molar-refractivity contribution in [2.75, 3.05) is 19.6 Å². The third-order valence-corrected chi connectivity index (χ3v) is 4.13. The number of nitrogens with zero attached hydrogens (tertiary/aromatic N) is 1. The Morgan fingerprint density at radius 2 is 2.06 bits per heavy atom. The van der Waals surface area contributed by atoms with Crippen molar-refractivity contribution in [2.45, 2.75) is 51.1 Å². The first-order chi connectivity index (χ1) is 8.15. The fourth-order valence-electron chi connectivity index (χ4n) is 2.99. The molecule has 18 heavy (non-hydrogen) atoms. The van der Waals surface area contributed by atoms with Gasteiger partial charge in [-0.3, -0.25) is 9.69 Å². The molecule has 2 aliphatic rings. The second-order valence-corrected chi connectivity index (χ2v) is 5.72. The summed E-state index contributed by atoms with van der Waals surface area (Å²) < 4.78 is 0. The Balaban J connectivity index is 0.00000162. The van der Waals surface area contributed by atoms with Gasteiger partial charge in [0.05, 0.1) is 6.54 Å². The van der Waals surface area contributed by atoms with E-state index in [0.717, 1.165) is 25.9 Å². The average Bonchev–Trinajstić information content (AvgIpc) is 2.67. The molecule has 0 aromatic heterocycles. The predicted molar refractivity (Wildman–Crippen MR) is 75.8 cm³/mol. The minimum absolute atomic E-state index is 0. The van der Waals surface area contributed by atoms with Crippen molar-refractivity contribution in [2.24, 2.45) is 11.7 Å². The summed E-state index contributed by atoms with van der Waals surface area (Å²) in [5, 5.41) is 3.19. The molecule has 0 aromatic carbocycles. The lowest BCUT2D eigenvalue weighted by Crippen LogP contribution is -2.45. The molecule has 3 N–H and O–H groups in total. The standard InChI is InChI=1S/C13H25N3O.ClH/c1-10-4-2-3-5-12(10)15-13(17)9-16-7-6-11(14)8-16;/h10-12H,2-9,14H2,1H3,(H,15,17);1H/t10?,11-,12?;/m1./s1. The van der Waals surface area contributed by atoms with E-state index in [1.165, 1.54) is 19.3 Å². The largest absolute Gasteiger partial charge is 0.352 e. The topological polar surface area (TPSA) is 58.4 Å². The summed E-state index contributed by atoms with van der Waals surface area (Å²) in [6, 6.07) is 0.656. The summed E-state index contributed by atoms with van der Waals surface area (Å²) in [5.41, 5.74) is 5.83. The summed E-state index contributed by atoms with van der Waals surface area (Å²) in [7, 11) is 0. The smallest absolute Gasteiger partial charge is 0.234 e. The quantitative estimate of drug-likeness (QED) is 0.812. The number of carbonyl (C=O) groups excluding carboxylic acids is 1. The molecule has 106 valence electrons. The Morgan fingerprint density at radius 3 is 2.67 bits per heavy atom. The lowest BCUT2D eigenvalue weighted by Gasteiger charge is -2.30. The number of likely N-dealkylation sites (tertiary alicyclic amines) is 1. The minimum atomic E-state index is 0. The molecule has 0 spiro atoms. The third-order valence-electron chi connectivity index (χ3n) is 4.13. The number of carbonyl (C=O) groups is 1. The zero-order valence-corrected chi connectivity index (χ0v) is 12.0. The molecule has 0 radical (unpaired) electrons. The average molecular weight is 276 g/mol. The van der Waals surface area contributed by atoms with Crippen molar-refractivity contribution in [3.63, 3.8) is 0 Å². The fourth-order valence-corrected chi connectivity index (χ4v) is 2.99. The number of hydrogen-bond acceptors (Lipinski definition) is 3. The lowest BCUT2D eigenvalue weighted by atomic mass is 9.86. The van der Waals surface area contributed by atoms with Crippen LogP contribution in [0.4, 0.5) is 0 Å². The first kappa shape index (κ1) is 15.7. The van der Waals surface area contributed by atoms with E-state index in [1.54, 1.807) is 0 Å². The fraction of sp³-hybridized carbons (Fsp3) is 0.923. The Labute approximate surface area is 116 Å². The van der Waals surface area contributed by atoms with Gasteiger partial charge in [0.1, 0.15) is 0 Å². The van der Waals surface area contributed by atoms with Crippen LogP contribution in [0.1, 0.15) is 39.0 Å². The van der Waals surface area contributed by atoms with Crippen molar-refractivity contribution >= 4 is 18.3 Å². The number of amides is 1. The normalized spacial score (nSPS) is 32.9. The number of rotatable bonds is 3. The van der Waals surface area contributed by atoms with Crippen LogP contribution in [0.3, 0.4) is 0 Å². The van der Waals surface area contributed by atoms with Crippen LogP contribution in [0, 0.1) is 5.92 Å². The van der Waals surface area contributed by atoms with E-state index in [4.69, 9.17) is 5.73 Å². The number of halogens is 1. The van der Waals surface area contributed by atoms with Crippen molar-refractivity contribution in [3.8, 4) is 0 Å². The van der Waals surface area contributed by atoms with Crippen LogP contribution in [0.25, 0.3) is 0 Å². The van der Waals surface area contributed by atoms with Crippen LogP contribution >= 0.6 is 12.4 Å². The molecule has 1 saturated carbocycles. The first-order valence-electron chi connectivity index (χ1n) is 6.92. The molecule has 2 fully saturated rings. The van der Waals surface area contributed by atoms with Gasteiger partial charge in [-0.1, -0.05) is 19.8 Å². The van der Waals surface area contributed by atoms with Crippen LogP contribution in [0.2, 0.25) is 0 Å². The summed E-state index contributed by atoms with van der Waals surface area (Å²) in [5.74, 6) is 0.811. The second kappa shape index (κ2) is 7.31. The summed E-state index contributed by atoms with van der Waals surface area (Å²) in [6.45, 7) is 4.61. The van der Waals surface area contributed by atoms with E-state index in [9.17, 15) is 4.79 Å². The summed E-state index contributed by atoms with van der Waals surface area (Å²) in [6.07, 6.45) is 5.98. The highest BCUT2D eigenvalue weighted by molar-refractivity contribution is 5.85. The molecule has 1 heterocycles. The summed E-state index contributed by atoms with van der Waals surface area (Å²) >= 11 is 0. The molecule has 0 aromatic rings. The number of hydrogen-bond donors (Lipinski definition) is 2.